The number of halogens is 1. The summed E-state index contributed by atoms with van der Waals surface area (Å²) in [6.07, 6.45) is 0.596. The number of carbonyl (C=O) groups is 2. The van der Waals surface area contributed by atoms with Crippen molar-refractivity contribution in [3.63, 3.8) is 0 Å². The van der Waals surface area contributed by atoms with Crippen LogP contribution in [0.5, 0.6) is 0 Å². The zero-order chi connectivity index (χ0) is 17.3. The highest BCUT2D eigenvalue weighted by Crippen LogP contribution is 2.40. The Bertz CT molecular complexity index is 804. The molecule has 0 spiro atoms. The number of nitrogens with one attached hydrogen (secondary N) is 2. The molecule has 0 heterocycles. The highest BCUT2D eigenvalue weighted by atomic mass is 79.9. The Labute approximate surface area is 149 Å². The second kappa shape index (κ2) is 6.77. The van der Waals surface area contributed by atoms with Crippen LogP contribution in [-0.4, -0.2) is 11.8 Å². The van der Waals surface area contributed by atoms with Crippen LogP contribution in [0.15, 0.2) is 46.9 Å². The van der Waals surface area contributed by atoms with Crippen LogP contribution >= 0.6 is 15.9 Å². The van der Waals surface area contributed by atoms with Gasteiger partial charge in [-0.15, -0.1) is 0 Å². The molecule has 1 aliphatic carbocycles. The zero-order valence-electron chi connectivity index (χ0n) is 13.6. The summed E-state index contributed by atoms with van der Waals surface area (Å²) in [5, 5.41) is 5.77. The molecule has 0 aliphatic heterocycles. The van der Waals surface area contributed by atoms with Crippen LogP contribution in [0.3, 0.4) is 0 Å². The summed E-state index contributed by atoms with van der Waals surface area (Å²) in [7, 11) is 0. The van der Waals surface area contributed by atoms with Crippen molar-refractivity contribution in [2.75, 3.05) is 10.6 Å². The molecule has 0 bridgehead atoms. The molecule has 1 fully saturated rings. The van der Waals surface area contributed by atoms with Gasteiger partial charge in [0.1, 0.15) is 0 Å². The summed E-state index contributed by atoms with van der Waals surface area (Å²) in [5.41, 5.74) is 3.67. The summed E-state index contributed by atoms with van der Waals surface area (Å²) in [5.74, 6) is -0.685. The summed E-state index contributed by atoms with van der Waals surface area (Å²) < 4.78 is 1.00. The van der Waals surface area contributed by atoms with Crippen molar-refractivity contribution in [2.45, 2.75) is 20.3 Å². The topological polar surface area (TPSA) is 58.2 Å². The maximum absolute atomic E-state index is 12.3. The fourth-order valence-corrected chi connectivity index (χ4v) is 2.94. The van der Waals surface area contributed by atoms with Gasteiger partial charge < -0.3 is 10.6 Å². The molecule has 2 aromatic rings. The van der Waals surface area contributed by atoms with E-state index in [2.05, 4.69) is 26.6 Å². The lowest BCUT2D eigenvalue weighted by Crippen LogP contribution is -2.20. The largest absolute Gasteiger partial charge is 0.326 e. The molecule has 124 valence electrons. The van der Waals surface area contributed by atoms with Gasteiger partial charge in [-0.25, -0.2) is 0 Å². The molecular formula is C19H19BrN2O2. The van der Waals surface area contributed by atoms with Gasteiger partial charge in [0.05, 0.1) is 11.8 Å². The highest BCUT2D eigenvalue weighted by molar-refractivity contribution is 9.10. The van der Waals surface area contributed by atoms with E-state index in [1.807, 2.05) is 56.3 Å². The first-order chi connectivity index (χ1) is 11.4. The first-order valence-corrected chi connectivity index (χ1v) is 8.68. The second-order valence-corrected chi connectivity index (χ2v) is 7.11. The minimum Gasteiger partial charge on any atom is -0.326 e. The molecule has 4 nitrogen and oxygen atoms in total. The van der Waals surface area contributed by atoms with E-state index in [-0.39, 0.29) is 23.7 Å². The van der Waals surface area contributed by atoms with Crippen LogP contribution in [0.2, 0.25) is 0 Å². The average molecular weight is 387 g/mol. The van der Waals surface area contributed by atoms with E-state index in [9.17, 15) is 9.59 Å². The number of anilines is 2. The predicted molar refractivity (Wildman–Crippen MR) is 98.9 cm³/mol. The molecule has 1 aliphatic rings. The molecule has 2 amide bonds. The summed E-state index contributed by atoms with van der Waals surface area (Å²) in [6.45, 7) is 3.94. The van der Waals surface area contributed by atoms with Crippen LogP contribution in [0.25, 0.3) is 0 Å². The predicted octanol–water partition coefficient (Wildman–Crippen LogP) is 4.28. The number of carbonyl (C=O) groups excluding carboxylic acids is 2. The standard InChI is InChI=1S/C19H19BrN2O2/c1-11-4-3-5-13(8-11)21-18(23)15-10-16(15)19(24)22-14-6-7-17(20)12(2)9-14/h3-9,15-16H,10H2,1-2H3,(H,21,23)(H,22,24). The maximum Gasteiger partial charge on any atom is 0.228 e. The molecule has 2 atom stereocenters. The van der Waals surface area contributed by atoms with Gasteiger partial charge in [0.2, 0.25) is 11.8 Å². The van der Waals surface area contributed by atoms with Crippen LogP contribution in [-0.2, 0) is 9.59 Å². The molecule has 1 saturated carbocycles. The Morgan fingerprint density at radius 1 is 0.958 bits per heavy atom. The van der Waals surface area contributed by atoms with E-state index in [0.717, 1.165) is 27.0 Å². The second-order valence-electron chi connectivity index (χ2n) is 6.26. The smallest absolute Gasteiger partial charge is 0.228 e. The number of rotatable bonds is 4. The van der Waals surface area contributed by atoms with E-state index in [1.165, 1.54) is 0 Å². The monoisotopic (exact) mass is 386 g/mol. The lowest BCUT2D eigenvalue weighted by molar-refractivity contribution is -0.122. The fraction of sp³-hybridized carbons (Fsp3) is 0.263. The number of hydrogen-bond donors (Lipinski definition) is 2. The molecule has 2 aromatic carbocycles. The van der Waals surface area contributed by atoms with Gasteiger partial charge in [-0.2, -0.15) is 0 Å². The van der Waals surface area contributed by atoms with Crippen molar-refractivity contribution in [2.24, 2.45) is 11.8 Å². The molecule has 5 heteroatoms. The van der Waals surface area contributed by atoms with Crippen LogP contribution < -0.4 is 10.6 Å². The third kappa shape index (κ3) is 3.85. The quantitative estimate of drug-likeness (QED) is 0.823. The molecule has 2 N–H and O–H groups in total. The van der Waals surface area contributed by atoms with Crippen molar-refractivity contribution < 1.29 is 9.59 Å². The first kappa shape index (κ1) is 16.7. The van der Waals surface area contributed by atoms with E-state index in [4.69, 9.17) is 0 Å². The molecule has 3 rings (SSSR count). The van der Waals surface area contributed by atoms with Gasteiger partial charge in [0, 0.05) is 15.8 Å². The third-order valence-electron chi connectivity index (χ3n) is 4.18. The molecule has 24 heavy (non-hydrogen) atoms. The van der Waals surface area contributed by atoms with Crippen molar-refractivity contribution in [3.8, 4) is 0 Å². The molecule has 0 radical (unpaired) electrons. The first-order valence-electron chi connectivity index (χ1n) is 7.88. The summed E-state index contributed by atoms with van der Waals surface area (Å²) in [6, 6.07) is 13.3. The van der Waals surface area contributed by atoms with Crippen molar-refractivity contribution in [3.05, 3.63) is 58.1 Å². The lowest BCUT2D eigenvalue weighted by Gasteiger charge is -2.08. The fourth-order valence-electron chi connectivity index (χ4n) is 2.69. The zero-order valence-corrected chi connectivity index (χ0v) is 15.2. The third-order valence-corrected chi connectivity index (χ3v) is 5.06. The van der Waals surface area contributed by atoms with Crippen molar-refractivity contribution >= 4 is 39.1 Å². The maximum atomic E-state index is 12.3. The number of aryl methyl sites for hydroxylation is 2. The molecule has 2 unspecified atom stereocenters. The van der Waals surface area contributed by atoms with Gasteiger partial charge in [-0.3, -0.25) is 9.59 Å². The van der Waals surface area contributed by atoms with Gasteiger partial charge in [-0.05, 0) is 61.7 Å². The minimum atomic E-state index is -0.251. The SMILES string of the molecule is Cc1cccc(NC(=O)C2CC2C(=O)Nc2ccc(Br)c(C)c2)c1. The van der Waals surface area contributed by atoms with Crippen molar-refractivity contribution in [1.82, 2.24) is 0 Å². The Hall–Kier alpha value is -2.14. The van der Waals surface area contributed by atoms with Crippen LogP contribution in [0, 0.1) is 25.7 Å². The Kier molecular flexibility index (Phi) is 4.71. The summed E-state index contributed by atoms with van der Waals surface area (Å²) in [4.78, 5) is 24.5. The number of benzene rings is 2. The van der Waals surface area contributed by atoms with E-state index >= 15 is 0 Å². The van der Waals surface area contributed by atoms with E-state index in [0.29, 0.717) is 6.42 Å². The number of hydrogen-bond acceptors (Lipinski definition) is 2. The van der Waals surface area contributed by atoms with Gasteiger partial charge in [-0.1, -0.05) is 28.1 Å². The van der Waals surface area contributed by atoms with Gasteiger partial charge >= 0.3 is 0 Å². The Balaban J connectivity index is 1.57. The normalized spacial score (nSPS) is 18.8. The van der Waals surface area contributed by atoms with Crippen LogP contribution in [0.4, 0.5) is 11.4 Å². The molecule has 0 aromatic heterocycles. The lowest BCUT2D eigenvalue weighted by atomic mass is 10.2. The highest BCUT2D eigenvalue weighted by Gasteiger charge is 2.48. The van der Waals surface area contributed by atoms with Crippen LogP contribution in [0.1, 0.15) is 17.5 Å². The Morgan fingerprint density at radius 2 is 1.58 bits per heavy atom. The van der Waals surface area contributed by atoms with E-state index in [1.54, 1.807) is 0 Å². The minimum absolute atomic E-state index is 0.0901. The number of amides is 2. The van der Waals surface area contributed by atoms with E-state index < -0.39 is 0 Å². The van der Waals surface area contributed by atoms with Gasteiger partial charge in [0.15, 0.2) is 0 Å². The molecular weight excluding hydrogens is 368 g/mol. The summed E-state index contributed by atoms with van der Waals surface area (Å²) >= 11 is 3.44. The molecule has 0 saturated heterocycles. The van der Waals surface area contributed by atoms with Gasteiger partial charge in [0.25, 0.3) is 0 Å². The Morgan fingerprint density at radius 3 is 2.17 bits per heavy atom. The average Bonchev–Trinajstić information content (AvgIpc) is 3.32. The van der Waals surface area contributed by atoms with Crippen molar-refractivity contribution in [1.29, 1.82) is 0 Å².